The summed E-state index contributed by atoms with van der Waals surface area (Å²) in [6, 6.07) is 0. The highest BCUT2D eigenvalue weighted by Gasteiger charge is 2.09. The first kappa shape index (κ1) is 12.3. The molecular formula is C8H17NO4. The predicted octanol–water partition coefficient (Wildman–Crippen LogP) is -0.854. The number of carbonyl (C=O) groups is 1. The second-order valence-electron chi connectivity index (χ2n) is 2.63. The van der Waals surface area contributed by atoms with Gasteiger partial charge in [0.1, 0.15) is 0 Å². The molecule has 0 bridgehead atoms. The van der Waals surface area contributed by atoms with Crippen molar-refractivity contribution >= 4 is 5.97 Å². The van der Waals surface area contributed by atoms with Crippen LogP contribution >= 0.6 is 0 Å². The van der Waals surface area contributed by atoms with Crippen molar-refractivity contribution in [2.75, 3.05) is 33.9 Å². The Morgan fingerprint density at radius 2 is 2.23 bits per heavy atom. The zero-order valence-corrected chi connectivity index (χ0v) is 8.08. The van der Waals surface area contributed by atoms with E-state index in [-0.39, 0.29) is 6.42 Å². The molecule has 0 aliphatic carbocycles. The van der Waals surface area contributed by atoms with Crippen LogP contribution in [0.1, 0.15) is 6.42 Å². The number of hydrogen-bond acceptors (Lipinski definition) is 5. The second-order valence-corrected chi connectivity index (χ2v) is 2.63. The summed E-state index contributed by atoms with van der Waals surface area (Å²) >= 11 is 0. The minimum Gasteiger partial charge on any atom is -0.469 e. The van der Waals surface area contributed by atoms with Crippen molar-refractivity contribution in [3.05, 3.63) is 0 Å². The molecule has 0 aromatic carbocycles. The van der Waals surface area contributed by atoms with E-state index in [9.17, 15) is 9.90 Å². The Labute approximate surface area is 78.0 Å². The maximum Gasteiger partial charge on any atom is 0.308 e. The van der Waals surface area contributed by atoms with Crippen LogP contribution in [-0.4, -0.2) is 51.1 Å². The van der Waals surface area contributed by atoms with Crippen LogP contribution < -0.4 is 5.32 Å². The van der Waals surface area contributed by atoms with Crippen molar-refractivity contribution in [2.45, 2.75) is 12.5 Å². The minimum absolute atomic E-state index is 0.0243. The summed E-state index contributed by atoms with van der Waals surface area (Å²) in [7, 11) is 2.90. The van der Waals surface area contributed by atoms with E-state index in [0.717, 1.165) is 0 Å². The topological polar surface area (TPSA) is 67.8 Å². The third-order valence-electron chi connectivity index (χ3n) is 1.49. The maximum atomic E-state index is 10.7. The van der Waals surface area contributed by atoms with E-state index in [1.807, 2.05) is 0 Å². The SMILES string of the molecule is COCCNCC(O)CC(=O)OC. The molecule has 1 atom stereocenters. The fraction of sp³-hybridized carbons (Fsp3) is 0.875. The lowest BCUT2D eigenvalue weighted by Gasteiger charge is -2.09. The number of hydrogen-bond donors (Lipinski definition) is 2. The van der Waals surface area contributed by atoms with Gasteiger partial charge < -0.3 is 19.9 Å². The summed E-state index contributed by atoms with van der Waals surface area (Å²) in [6.07, 6.45) is -0.666. The molecule has 2 N–H and O–H groups in total. The van der Waals surface area contributed by atoms with Gasteiger partial charge in [-0.3, -0.25) is 4.79 Å². The Morgan fingerprint density at radius 3 is 2.77 bits per heavy atom. The Bertz CT molecular complexity index is 140. The molecule has 0 saturated carbocycles. The van der Waals surface area contributed by atoms with Crippen LogP contribution in [0.3, 0.4) is 0 Å². The molecule has 0 heterocycles. The quantitative estimate of drug-likeness (QED) is 0.405. The summed E-state index contributed by atoms with van der Waals surface area (Å²) in [5.74, 6) is -0.402. The Kier molecular flexibility index (Phi) is 7.57. The molecule has 0 aromatic rings. The van der Waals surface area contributed by atoms with Gasteiger partial charge in [0.15, 0.2) is 0 Å². The van der Waals surface area contributed by atoms with Gasteiger partial charge in [-0.15, -0.1) is 0 Å². The van der Waals surface area contributed by atoms with Crippen LogP contribution in [0.15, 0.2) is 0 Å². The first-order valence-corrected chi connectivity index (χ1v) is 4.15. The van der Waals surface area contributed by atoms with Gasteiger partial charge >= 0.3 is 5.97 Å². The van der Waals surface area contributed by atoms with E-state index in [1.165, 1.54) is 7.11 Å². The van der Waals surface area contributed by atoms with Crippen LogP contribution in [0.4, 0.5) is 0 Å². The average molecular weight is 191 g/mol. The highest BCUT2D eigenvalue weighted by atomic mass is 16.5. The first-order valence-electron chi connectivity index (χ1n) is 4.15. The number of aliphatic hydroxyl groups excluding tert-OH is 1. The number of aliphatic hydroxyl groups is 1. The largest absolute Gasteiger partial charge is 0.469 e. The number of nitrogens with one attached hydrogen (secondary N) is 1. The van der Waals surface area contributed by atoms with Crippen molar-refractivity contribution in [1.29, 1.82) is 0 Å². The third-order valence-corrected chi connectivity index (χ3v) is 1.49. The number of carbonyl (C=O) groups excluding carboxylic acids is 1. The van der Waals surface area contributed by atoms with E-state index in [2.05, 4.69) is 10.1 Å². The third kappa shape index (κ3) is 7.70. The molecule has 0 aliphatic heterocycles. The second kappa shape index (κ2) is 7.97. The van der Waals surface area contributed by atoms with Gasteiger partial charge in [-0.1, -0.05) is 0 Å². The summed E-state index contributed by atoms with van der Waals surface area (Å²) < 4.78 is 9.19. The number of esters is 1. The molecule has 0 amide bonds. The normalized spacial score (nSPS) is 12.5. The highest BCUT2D eigenvalue weighted by molar-refractivity contribution is 5.69. The van der Waals surface area contributed by atoms with Gasteiger partial charge in [0.2, 0.25) is 0 Å². The summed E-state index contributed by atoms with van der Waals surface area (Å²) in [5.41, 5.74) is 0. The monoisotopic (exact) mass is 191 g/mol. The molecule has 5 nitrogen and oxygen atoms in total. The molecule has 0 saturated heterocycles. The number of ether oxygens (including phenoxy) is 2. The maximum absolute atomic E-state index is 10.7. The van der Waals surface area contributed by atoms with Crippen molar-refractivity contribution in [3.63, 3.8) is 0 Å². The summed E-state index contributed by atoms with van der Waals surface area (Å²) in [4.78, 5) is 10.7. The van der Waals surface area contributed by atoms with Gasteiger partial charge in [-0.2, -0.15) is 0 Å². The van der Waals surface area contributed by atoms with E-state index in [1.54, 1.807) is 7.11 Å². The zero-order chi connectivity index (χ0) is 10.1. The molecule has 0 spiro atoms. The Morgan fingerprint density at radius 1 is 1.54 bits per heavy atom. The average Bonchev–Trinajstić information content (AvgIpc) is 2.12. The van der Waals surface area contributed by atoms with Crippen molar-refractivity contribution in [1.82, 2.24) is 5.32 Å². The Balaban J connectivity index is 3.29. The molecular weight excluding hydrogens is 174 g/mol. The van der Waals surface area contributed by atoms with Crippen molar-refractivity contribution < 1.29 is 19.4 Å². The molecule has 0 aliphatic rings. The summed E-state index contributed by atoms with van der Waals surface area (Å²) in [5, 5.41) is 12.2. The molecule has 0 radical (unpaired) electrons. The first-order chi connectivity index (χ1) is 6.20. The van der Waals surface area contributed by atoms with E-state index in [0.29, 0.717) is 19.7 Å². The molecule has 0 rings (SSSR count). The number of rotatable bonds is 7. The van der Waals surface area contributed by atoms with Crippen LogP contribution in [0, 0.1) is 0 Å². The summed E-state index contributed by atoms with van der Waals surface area (Å²) in [6.45, 7) is 1.62. The van der Waals surface area contributed by atoms with Gasteiger partial charge in [0, 0.05) is 20.2 Å². The van der Waals surface area contributed by atoms with Crippen LogP contribution in [0.5, 0.6) is 0 Å². The lowest BCUT2D eigenvalue weighted by atomic mass is 10.2. The predicted molar refractivity (Wildman–Crippen MR) is 47.4 cm³/mol. The van der Waals surface area contributed by atoms with Gasteiger partial charge in [-0.25, -0.2) is 0 Å². The van der Waals surface area contributed by atoms with E-state index < -0.39 is 12.1 Å². The van der Waals surface area contributed by atoms with Crippen LogP contribution in [0.2, 0.25) is 0 Å². The van der Waals surface area contributed by atoms with Crippen molar-refractivity contribution in [2.24, 2.45) is 0 Å². The number of methoxy groups -OCH3 is 2. The molecule has 1 unspecified atom stereocenters. The van der Waals surface area contributed by atoms with Crippen LogP contribution in [-0.2, 0) is 14.3 Å². The lowest BCUT2D eigenvalue weighted by molar-refractivity contribution is -0.142. The molecule has 13 heavy (non-hydrogen) atoms. The van der Waals surface area contributed by atoms with Gasteiger partial charge in [0.05, 0.1) is 26.2 Å². The molecule has 0 aromatic heterocycles. The minimum atomic E-state index is -0.690. The fourth-order valence-electron chi connectivity index (χ4n) is 0.791. The van der Waals surface area contributed by atoms with E-state index in [4.69, 9.17) is 4.74 Å². The molecule has 5 heteroatoms. The van der Waals surface area contributed by atoms with Crippen LogP contribution in [0.25, 0.3) is 0 Å². The standard InChI is InChI=1S/C8H17NO4/c1-12-4-3-9-6-7(10)5-8(11)13-2/h7,9-10H,3-6H2,1-2H3. The zero-order valence-electron chi connectivity index (χ0n) is 8.08. The molecule has 78 valence electrons. The van der Waals surface area contributed by atoms with Gasteiger partial charge in [-0.05, 0) is 0 Å². The van der Waals surface area contributed by atoms with Crippen molar-refractivity contribution in [3.8, 4) is 0 Å². The van der Waals surface area contributed by atoms with E-state index >= 15 is 0 Å². The smallest absolute Gasteiger partial charge is 0.308 e. The molecule has 0 fully saturated rings. The fourth-order valence-corrected chi connectivity index (χ4v) is 0.791. The Hall–Kier alpha value is -0.650. The lowest BCUT2D eigenvalue weighted by Crippen LogP contribution is -2.31. The van der Waals surface area contributed by atoms with Gasteiger partial charge in [0.25, 0.3) is 0 Å². The highest BCUT2D eigenvalue weighted by Crippen LogP contribution is 1.91.